The van der Waals surface area contributed by atoms with Crippen LogP contribution in [-0.2, 0) is 9.59 Å². The first-order valence-corrected chi connectivity index (χ1v) is 6.70. The molecule has 1 heterocycles. The quantitative estimate of drug-likeness (QED) is 0.764. The smallest absolute Gasteiger partial charge is 0.330 e. The fourth-order valence-electron chi connectivity index (χ4n) is 2.44. The highest BCUT2D eigenvalue weighted by molar-refractivity contribution is 8.24. The minimum atomic E-state index is -1.06. The minimum absolute atomic E-state index is 0.153. The van der Waals surface area contributed by atoms with Gasteiger partial charge in [0.1, 0.15) is 9.86 Å². The lowest BCUT2D eigenvalue weighted by Gasteiger charge is -2.40. The van der Waals surface area contributed by atoms with Crippen LogP contribution in [0.1, 0.15) is 32.1 Å². The minimum Gasteiger partial charge on any atom is -0.479 e. The monoisotopic (exact) mass is 259 g/mol. The van der Waals surface area contributed by atoms with E-state index in [0.717, 1.165) is 19.3 Å². The van der Waals surface area contributed by atoms with Gasteiger partial charge in [0, 0.05) is 0 Å². The van der Waals surface area contributed by atoms with Crippen LogP contribution in [0.2, 0.25) is 0 Å². The fourth-order valence-corrected chi connectivity index (χ4v) is 3.67. The fraction of sp³-hybridized carbons (Fsp3) is 0.700. The van der Waals surface area contributed by atoms with Crippen molar-refractivity contribution < 1.29 is 14.7 Å². The van der Waals surface area contributed by atoms with Crippen molar-refractivity contribution in [1.29, 1.82) is 0 Å². The maximum atomic E-state index is 11.7. The Labute approximate surface area is 103 Å². The van der Waals surface area contributed by atoms with Gasteiger partial charge in [0.15, 0.2) is 0 Å². The summed E-state index contributed by atoms with van der Waals surface area (Å²) in [6, 6.07) is 0. The second kappa shape index (κ2) is 4.33. The van der Waals surface area contributed by atoms with Crippen molar-refractivity contribution in [2.24, 2.45) is 0 Å². The van der Waals surface area contributed by atoms with E-state index < -0.39 is 11.5 Å². The van der Waals surface area contributed by atoms with Crippen LogP contribution in [0.15, 0.2) is 0 Å². The Balaban J connectivity index is 2.34. The standard InChI is InChI=1S/C10H13NO3S2/c12-7-6-16-9(15)11(7)10(8(13)14)4-2-1-3-5-10/h1-6H2,(H,13,14). The third kappa shape index (κ3) is 1.73. The molecule has 1 amide bonds. The summed E-state index contributed by atoms with van der Waals surface area (Å²) in [6.45, 7) is 0. The van der Waals surface area contributed by atoms with Crippen molar-refractivity contribution >= 4 is 40.2 Å². The third-order valence-electron chi connectivity index (χ3n) is 3.26. The summed E-state index contributed by atoms with van der Waals surface area (Å²) in [6.07, 6.45) is 3.78. The highest BCUT2D eigenvalue weighted by Gasteiger charge is 2.51. The molecule has 1 saturated carbocycles. The van der Waals surface area contributed by atoms with Crippen LogP contribution in [0.5, 0.6) is 0 Å². The van der Waals surface area contributed by atoms with E-state index in [2.05, 4.69) is 0 Å². The molecule has 0 unspecified atom stereocenters. The Kier molecular flexibility index (Phi) is 3.21. The molecule has 0 aromatic rings. The molecule has 16 heavy (non-hydrogen) atoms. The van der Waals surface area contributed by atoms with E-state index in [1.165, 1.54) is 16.7 Å². The van der Waals surface area contributed by atoms with Gasteiger partial charge in [-0.3, -0.25) is 9.69 Å². The Morgan fingerprint density at radius 2 is 2.00 bits per heavy atom. The largest absolute Gasteiger partial charge is 0.479 e. The van der Waals surface area contributed by atoms with E-state index in [4.69, 9.17) is 12.2 Å². The number of thiocarbonyl (C=S) groups is 1. The number of carbonyl (C=O) groups excluding carboxylic acids is 1. The summed E-state index contributed by atoms with van der Waals surface area (Å²) in [5.41, 5.74) is -1.06. The van der Waals surface area contributed by atoms with Crippen molar-refractivity contribution in [3.8, 4) is 0 Å². The Morgan fingerprint density at radius 1 is 1.38 bits per heavy atom. The zero-order chi connectivity index (χ0) is 11.8. The molecule has 2 fully saturated rings. The average Bonchev–Trinajstić information content (AvgIpc) is 2.60. The highest BCUT2D eigenvalue weighted by Crippen LogP contribution is 2.38. The van der Waals surface area contributed by atoms with Gasteiger partial charge in [0.25, 0.3) is 0 Å². The zero-order valence-electron chi connectivity index (χ0n) is 8.77. The van der Waals surface area contributed by atoms with Gasteiger partial charge in [-0.05, 0) is 12.8 Å². The van der Waals surface area contributed by atoms with Crippen molar-refractivity contribution in [2.45, 2.75) is 37.6 Å². The predicted octanol–water partition coefficient (Wildman–Crippen LogP) is 1.63. The van der Waals surface area contributed by atoms with E-state index in [9.17, 15) is 14.7 Å². The van der Waals surface area contributed by atoms with Crippen LogP contribution >= 0.6 is 24.0 Å². The van der Waals surface area contributed by atoms with E-state index in [0.29, 0.717) is 17.2 Å². The summed E-state index contributed by atoms with van der Waals surface area (Å²) < 4.78 is 0.425. The van der Waals surface area contributed by atoms with E-state index in [1.54, 1.807) is 0 Å². The molecule has 6 heteroatoms. The van der Waals surface area contributed by atoms with Gasteiger partial charge in [0.2, 0.25) is 5.91 Å². The molecule has 1 N–H and O–H groups in total. The van der Waals surface area contributed by atoms with Crippen molar-refractivity contribution in [3.05, 3.63) is 0 Å². The van der Waals surface area contributed by atoms with E-state index >= 15 is 0 Å². The van der Waals surface area contributed by atoms with Crippen LogP contribution < -0.4 is 0 Å². The molecule has 1 aliphatic heterocycles. The van der Waals surface area contributed by atoms with Crippen molar-refractivity contribution in [2.75, 3.05) is 5.75 Å². The molecule has 1 aliphatic carbocycles. The lowest BCUT2D eigenvalue weighted by atomic mass is 9.80. The topological polar surface area (TPSA) is 57.6 Å². The highest BCUT2D eigenvalue weighted by atomic mass is 32.2. The molecule has 2 rings (SSSR count). The summed E-state index contributed by atoms with van der Waals surface area (Å²) >= 11 is 6.36. The van der Waals surface area contributed by atoms with E-state index in [-0.39, 0.29) is 11.7 Å². The normalized spacial score (nSPS) is 24.9. The Hall–Kier alpha value is -0.620. The van der Waals surface area contributed by atoms with Crippen LogP contribution in [0.25, 0.3) is 0 Å². The van der Waals surface area contributed by atoms with Crippen LogP contribution in [0.3, 0.4) is 0 Å². The van der Waals surface area contributed by atoms with Crippen LogP contribution in [-0.4, -0.2) is 37.5 Å². The number of hydrogen-bond donors (Lipinski definition) is 1. The maximum absolute atomic E-state index is 11.7. The molecular weight excluding hydrogens is 246 g/mol. The van der Waals surface area contributed by atoms with Crippen molar-refractivity contribution in [3.63, 3.8) is 0 Å². The number of hydrogen-bond acceptors (Lipinski definition) is 4. The molecular formula is C10H13NO3S2. The second-order valence-electron chi connectivity index (χ2n) is 4.18. The number of carboxylic acid groups (broad SMARTS) is 1. The van der Waals surface area contributed by atoms with Crippen LogP contribution in [0.4, 0.5) is 0 Å². The summed E-state index contributed by atoms with van der Waals surface area (Å²) in [5.74, 6) is -0.780. The summed E-state index contributed by atoms with van der Waals surface area (Å²) in [7, 11) is 0. The van der Waals surface area contributed by atoms with Gasteiger partial charge < -0.3 is 5.11 Å². The van der Waals surface area contributed by atoms with Gasteiger partial charge in [-0.2, -0.15) is 0 Å². The first-order valence-electron chi connectivity index (χ1n) is 5.31. The summed E-state index contributed by atoms with van der Waals surface area (Å²) in [4.78, 5) is 24.6. The first-order chi connectivity index (χ1) is 7.58. The zero-order valence-corrected chi connectivity index (χ0v) is 10.4. The molecule has 0 bridgehead atoms. The molecule has 4 nitrogen and oxygen atoms in total. The lowest BCUT2D eigenvalue weighted by Crippen LogP contribution is -2.57. The predicted molar refractivity (Wildman–Crippen MR) is 65.4 cm³/mol. The number of carbonyl (C=O) groups is 2. The van der Waals surface area contributed by atoms with Crippen molar-refractivity contribution in [1.82, 2.24) is 4.90 Å². The van der Waals surface area contributed by atoms with E-state index in [1.807, 2.05) is 0 Å². The maximum Gasteiger partial charge on any atom is 0.330 e. The molecule has 0 atom stereocenters. The molecule has 2 aliphatic rings. The first kappa shape index (κ1) is 11.9. The van der Waals surface area contributed by atoms with Gasteiger partial charge in [-0.25, -0.2) is 4.79 Å². The molecule has 0 radical (unpaired) electrons. The Bertz CT molecular complexity index is 334. The molecule has 1 saturated heterocycles. The average molecular weight is 259 g/mol. The van der Waals surface area contributed by atoms with Gasteiger partial charge in [-0.15, -0.1) is 0 Å². The molecule has 88 valence electrons. The van der Waals surface area contributed by atoms with Gasteiger partial charge in [-0.1, -0.05) is 43.2 Å². The number of carboxylic acids is 1. The number of aliphatic carboxylic acids is 1. The molecule has 0 aromatic carbocycles. The number of nitrogens with zero attached hydrogens (tertiary/aromatic N) is 1. The number of amides is 1. The number of rotatable bonds is 2. The third-order valence-corrected chi connectivity index (χ3v) is 4.61. The van der Waals surface area contributed by atoms with Crippen LogP contribution in [0, 0.1) is 0 Å². The lowest BCUT2D eigenvalue weighted by molar-refractivity contribution is -0.155. The summed E-state index contributed by atoms with van der Waals surface area (Å²) in [5, 5.41) is 9.42. The number of thioether (sulfide) groups is 1. The van der Waals surface area contributed by atoms with Gasteiger partial charge in [0.05, 0.1) is 5.75 Å². The Morgan fingerprint density at radius 3 is 2.44 bits per heavy atom. The SMILES string of the molecule is O=C1CSC(=S)N1C1(C(=O)O)CCCCC1. The van der Waals surface area contributed by atoms with Gasteiger partial charge >= 0.3 is 5.97 Å². The second-order valence-corrected chi connectivity index (χ2v) is 5.79. The molecule has 0 spiro atoms. The molecule has 0 aromatic heterocycles.